The third kappa shape index (κ3) is 1.84. The first-order chi connectivity index (χ1) is 6.42. The Bertz CT molecular complexity index is 316. The molecule has 0 aromatic heterocycles. The molecule has 0 aromatic carbocycles. The SMILES string of the molecule is CCCCCC1=C2P=CC=C2C=C1. The number of fused-ring (bicyclic) bond motifs is 1. The average Bonchev–Trinajstić information content (AvgIpc) is 2.68. The van der Waals surface area contributed by atoms with Crippen molar-refractivity contribution in [1.29, 1.82) is 0 Å². The second kappa shape index (κ2) is 4.07. The lowest BCUT2D eigenvalue weighted by molar-refractivity contribution is 0.719. The molecule has 0 amide bonds. The molecule has 1 heteroatoms. The van der Waals surface area contributed by atoms with Crippen LogP contribution >= 0.6 is 8.20 Å². The van der Waals surface area contributed by atoms with Gasteiger partial charge in [-0.2, -0.15) is 0 Å². The van der Waals surface area contributed by atoms with Gasteiger partial charge in [-0.3, -0.25) is 0 Å². The Kier molecular flexibility index (Phi) is 2.80. The molecule has 0 fully saturated rings. The van der Waals surface area contributed by atoms with Crippen LogP contribution in [-0.2, 0) is 0 Å². The van der Waals surface area contributed by atoms with Crippen molar-refractivity contribution in [3.63, 3.8) is 0 Å². The maximum atomic E-state index is 2.30. The van der Waals surface area contributed by atoms with Crippen molar-refractivity contribution in [2.45, 2.75) is 32.6 Å². The summed E-state index contributed by atoms with van der Waals surface area (Å²) in [6.45, 7) is 2.26. The Labute approximate surface area is 81.8 Å². The van der Waals surface area contributed by atoms with Gasteiger partial charge in [0.05, 0.1) is 0 Å². The first kappa shape index (κ1) is 8.97. The van der Waals surface area contributed by atoms with Crippen LogP contribution in [0.1, 0.15) is 32.6 Å². The molecule has 1 aliphatic carbocycles. The second-order valence-electron chi connectivity index (χ2n) is 3.56. The summed E-state index contributed by atoms with van der Waals surface area (Å²) in [5.41, 5.74) is 3.03. The van der Waals surface area contributed by atoms with E-state index in [-0.39, 0.29) is 0 Å². The van der Waals surface area contributed by atoms with Crippen LogP contribution in [0.3, 0.4) is 0 Å². The quantitative estimate of drug-likeness (QED) is 0.463. The van der Waals surface area contributed by atoms with Crippen LogP contribution in [0.15, 0.2) is 34.7 Å². The number of hydrogen-bond acceptors (Lipinski definition) is 0. The molecule has 0 N–H and O–H groups in total. The summed E-state index contributed by atoms with van der Waals surface area (Å²) < 4.78 is 0. The van der Waals surface area contributed by atoms with Gasteiger partial charge < -0.3 is 0 Å². The predicted molar refractivity (Wildman–Crippen MR) is 61.4 cm³/mol. The van der Waals surface area contributed by atoms with Crippen LogP contribution in [0.25, 0.3) is 0 Å². The Morgan fingerprint density at radius 2 is 2.15 bits per heavy atom. The Hall–Kier alpha value is -0.610. The molecule has 68 valence electrons. The van der Waals surface area contributed by atoms with E-state index in [9.17, 15) is 0 Å². The van der Waals surface area contributed by atoms with Gasteiger partial charge in [0.15, 0.2) is 0 Å². The standard InChI is InChI=1S/C12H15P/c1-2-3-4-5-10-6-7-11-8-9-13-12(10)11/h6-9H,2-5H2,1H3. The highest BCUT2D eigenvalue weighted by Crippen LogP contribution is 2.38. The van der Waals surface area contributed by atoms with Gasteiger partial charge in [0.1, 0.15) is 0 Å². The summed E-state index contributed by atoms with van der Waals surface area (Å²) in [7, 11) is 1.41. The normalized spacial score (nSPS) is 19.6. The number of unbranched alkanes of at least 4 members (excludes halogenated alkanes) is 2. The van der Waals surface area contributed by atoms with Crippen molar-refractivity contribution < 1.29 is 0 Å². The van der Waals surface area contributed by atoms with E-state index in [2.05, 4.69) is 30.9 Å². The lowest BCUT2D eigenvalue weighted by Gasteiger charge is -2.00. The monoisotopic (exact) mass is 190 g/mol. The number of hydrogen-bond donors (Lipinski definition) is 0. The third-order valence-corrected chi connectivity index (χ3v) is 3.65. The minimum absolute atomic E-state index is 1.28. The molecule has 0 saturated carbocycles. The highest BCUT2D eigenvalue weighted by atomic mass is 31.1. The minimum atomic E-state index is 1.28. The summed E-state index contributed by atoms with van der Waals surface area (Å²) >= 11 is 0. The fourth-order valence-electron chi connectivity index (χ4n) is 1.78. The molecule has 0 spiro atoms. The summed E-state index contributed by atoms with van der Waals surface area (Å²) in [5.74, 6) is 2.24. The Morgan fingerprint density at radius 3 is 3.00 bits per heavy atom. The summed E-state index contributed by atoms with van der Waals surface area (Å²) in [6, 6.07) is 0. The van der Waals surface area contributed by atoms with Crippen LogP contribution in [0.4, 0.5) is 0 Å². The molecule has 0 bridgehead atoms. The zero-order valence-electron chi connectivity index (χ0n) is 8.09. The lowest BCUT2D eigenvalue weighted by Crippen LogP contribution is -1.80. The summed E-state index contributed by atoms with van der Waals surface area (Å²) in [5, 5.41) is 1.57. The van der Waals surface area contributed by atoms with E-state index in [1.807, 2.05) is 0 Å². The fraction of sp³-hybridized carbons (Fsp3) is 0.417. The largest absolute Gasteiger partial charge is 0.0675 e. The van der Waals surface area contributed by atoms with E-state index < -0.39 is 0 Å². The van der Waals surface area contributed by atoms with Crippen LogP contribution in [0.2, 0.25) is 0 Å². The molecule has 1 heterocycles. The summed E-state index contributed by atoms with van der Waals surface area (Å²) in [6.07, 6.45) is 12.1. The van der Waals surface area contributed by atoms with Crippen molar-refractivity contribution in [3.8, 4) is 0 Å². The van der Waals surface area contributed by atoms with Gasteiger partial charge in [-0.15, -0.1) is 0 Å². The zero-order chi connectivity index (χ0) is 9.10. The van der Waals surface area contributed by atoms with Crippen LogP contribution in [0, 0.1) is 0 Å². The van der Waals surface area contributed by atoms with Gasteiger partial charge in [-0.05, 0) is 35.9 Å². The highest BCUT2D eigenvalue weighted by Gasteiger charge is 2.14. The topological polar surface area (TPSA) is 0 Å². The molecule has 1 aliphatic heterocycles. The van der Waals surface area contributed by atoms with Gasteiger partial charge in [0, 0.05) is 5.31 Å². The molecular formula is C12H15P. The smallest absolute Gasteiger partial charge is 0.0122 e. The predicted octanol–water partition coefficient (Wildman–Crippen LogP) is 4.08. The van der Waals surface area contributed by atoms with Gasteiger partial charge in [0.25, 0.3) is 0 Å². The third-order valence-electron chi connectivity index (χ3n) is 2.55. The average molecular weight is 190 g/mol. The highest BCUT2D eigenvalue weighted by molar-refractivity contribution is 7.45. The van der Waals surface area contributed by atoms with E-state index in [1.165, 1.54) is 39.5 Å². The van der Waals surface area contributed by atoms with Crippen molar-refractivity contribution in [3.05, 3.63) is 34.7 Å². The molecule has 0 saturated heterocycles. The fourth-order valence-corrected chi connectivity index (χ4v) is 2.82. The van der Waals surface area contributed by atoms with Crippen molar-refractivity contribution in [2.24, 2.45) is 0 Å². The summed E-state index contributed by atoms with van der Waals surface area (Å²) in [4.78, 5) is 0. The molecular weight excluding hydrogens is 175 g/mol. The first-order valence-electron chi connectivity index (χ1n) is 5.08. The molecule has 2 rings (SSSR count). The van der Waals surface area contributed by atoms with E-state index in [0.29, 0.717) is 0 Å². The van der Waals surface area contributed by atoms with Crippen LogP contribution in [0.5, 0.6) is 0 Å². The van der Waals surface area contributed by atoms with Gasteiger partial charge in [-0.1, -0.05) is 40.1 Å². The van der Waals surface area contributed by atoms with Gasteiger partial charge >= 0.3 is 0 Å². The molecule has 0 aromatic rings. The van der Waals surface area contributed by atoms with Crippen LogP contribution in [-0.4, -0.2) is 5.80 Å². The Morgan fingerprint density at radius 1 is 1.23 bits per heavy atom. The number of rotatable bonds is 4. The maximum absolute atomic E-state index is 2.30. The molecule has 0 unspecified atom stereocenters. The van der Waals surface area contributed by atoms with E-state index >= 15 is 0 Å². The van der Waals surface area contributed by atoms with E-state index in [0.717, 1.165) is 0 Å². The molecule has 0 atom stereocenters. The lowest BCUT2D eigenvalue weighted by atomic mass is 10.1. The molecule has 0 radical (unpaired) electrons. The van der Waals surface area contributed by atoms with E-state index in [1.54, 1.807) is 10.9 Å². The zero-order valence-corrected chi connectivity index (χ0v) is 8.98. The molecule has 0 nitrogen and oxygen atoms in total. The van der Waals surface area contributed by atoms with Crippen LogP contribution < -0.4 is 0 Å². The second-order valence-corrected chi connectivity index (χ2v) is 4.57. The van der Waals surface area contributed by atoms with Crippen molar-refractivity contribution in [2.75, 3.05) is 0 Å². The first-order valence-corrected chi connectivity index (χ1v) is 6.04. The Balaban J connectivity index is 1.99. The van der Waals surface area contributed by atoms with Gasteiger partial charge in [-0.25, -0.2) is 0 Å². The molecule has 2 aliphatic rings. The van der Waals surface area contributed by atoms with Crippen molar-refractivity contribution in [1.82, 2.24) is 0 Å². The number of allylic oxidation sites excluding steroid dienone is 6. The minimum Gasteiger partial charge on any atom is -0.0675 e. The molecule has 13 heavy (non-hydrogen) atoms. The van der Waals surface area contributed by atoms with Gasteiger partial charge in [0.2, 0.25) is 0 Å². The van der Waals surface area contributed by atoms with Crippen molar-refractivity contribution >= 4 is 14.0 Å². The maximum Gasteiger partial charge on any atom is 0.0122 e. The van der Waals surface area contributed by atoms with E-state index in [4.69, 9.17) is 0 Å².